The van der Waals surface area contributed by atoms with E-state index < -0.39 is 10.0 Å². The van der Waals surface area contributed by atoms with Crippen LogP contribution in [0.1, 0.15) is 30.9 Å². The highest BCUT2D eigenvalue weighted by molar-refractivity contribution is 7.89. The maximum absolute atomic E-state index is 11.8. The number of benzene rings is 2. The molecule has 0 spiro atoms. The molecule has 26 heavy (non-hydrogen) atoms. The largest absolute Gasteiger partial charge is 0.275 e. The van der Waals surface area contributed by atoms with Crippen molar-refractivity contribution in [3.8, 4) is 11.1 Å². The van der Waals surface area contributed by atoms with Gasteiger partial charge in [-0.2, -0.15) is 5.10 Å². The summed E-state index contributed by atoms with van der Waals surface area (Å²) >= 11 is 0. The Balaban J connectivity index is 2.03. The molecule has 6 heteroatoms. The van der Waals surface area contributed by atoms with Crippen LogP contribution >= 0.6 is 0 Å². The average Bonchev–Trinajstić information content (AvgIpc) is 3.00. The number of nitrogens with zero attached hydrogens (tertiary/aromatic N) is 2. The zero-order chi connectivity index (χ0) is 18.9. The van der Waals surface area contributed by atoms with Gasteiger partial charge in [-0.25, -0.2) is 13.1 Å². The van der Waals surface area contributed by atoms with E-state index >= 15 is 0 Å². The Kier molecular flexibility index (Phi) is 5.16. The van der Waals surface area contributed by atoms with E-state index in [4.69, 9.17) is 0 Å². The summed E-state index contributed by atoms with van der Waals surface area (Å²) in [5.74, 6) is 0.539. The highest BCUT2D eigenvalue weighted by Gasteiger charge is 2.13. The molecule has 0 aliphatic carbocycles. The normalized spacial score (nSPS) is 12.2. The van der Waals surface area contributed by atoms with Gasteiger partial charge in [0.05, 0.1) is 11.3 Å². The third-order valence-electron chi connectivity index (χ3n) is 4.66. The van der Waals surface area contributed by atoms with Gasteiger partial charge in [-0.05, 0) is 53.8 Å². The van der Waals surface area contributed by atoms with Gasteiger partial charge >= 0.3 is 0 Å². The van der Waals surface area contributed by atoms with Crippen molar-refractivity contribution in [2.75, 3.05) is 12.8 Å². The molecule has 0 radical (unpaired) electrons. The summed E-state index contributed by atoms with van der Waals surface area (Å²) in [5, 5.41) is 5.54. The van der Waals surface area contributed by atoms with Crippen LogP contribution in [0, 0.1) is 0 Å². The fraction of sp³-hybridized carbons (Fsp3) is 0.350. The first-order valence-corrected chi connectivity index (χ1v) is 10.4. The number of aromatic nitrogens is 2. The van der Waals surface area contributed by atoms with E-state index in [1.165, 1.54) is 12.6 Å². The molecule has 0 bridgehead atoms. The van der Waals surface area contributed by atoms with Crippen molar-refractivity contribution in [1.29, 1.82) is 0 Å². The first-order valence-electron chi connectivity index (χ1n) is 8.77. The number of aryl methyl sites for hydroxylation is 2. The van der Waals surface area contributed by atoms with Gasteiger partial charge in [0.1, 0.15) is 0 Å². The number of hydrogen-bond acceptors (Lipinski definition) is 3. The quantitative estimate of drug-likeness (QED) is 0.722. The second-order valence-electron chi connectivity index (χ2n) is 6.93. The number of hydrogen-bond donors (Lipinski definition) is 1. The van der Waals surface area contributed by atoms with Crippen LogP contribution in [-0.4, -0.2) is 31.0 Å². The van der Waals surface area contributed by atoms with Crippen molar-refractivity contribution >= 4 is 20.9 Å². The van der Waals surface area contributed by atoms with Crippen LogP contribution in [0.2, 0.25) is 0 Å². The molecular weight excluding hydrogens is 346 g/mol. The minimum absolute atomic E-state index is 0.0465. The lowest BCUT2D eigenvalue weighted by Gasteiger charge is -2.10. The van der Waals surface area contributed by atoms with Gasteiger partial charge in [0.2, 0.25) is 10.0 Å². The molecule has 3 aromatic rings. The molecule has 0 saturated carbocycles. The SMILES string of the molecule is CNS(=O)(=O)CCc1cc(-c2ccc(C(C)C)cc2)cc2cn(C)nc12. The maximum atomic E-state index is 11.8. The molecular formula is C20H25N3O2S. The molecule has 1 aromatic heterocycles. The van der Waals surface area contributed by atoms with Crippen molar-refractivity contribution in [1.82, 2.24) is 14.5 Å². The molecule has 0 saturated heterocycles. The number of sulfonamides is 1. The molecule has 2 aromatic carbocycles. The summed E-state index contributed by atoms with van der Waals surface area (Å²) in [6, 6.07) is 12.7. The number of nitrogens with one attached hydrogen (secondary N) is 1. The van der Waals surface area contributed by atoms with Gasteiger partial charge in [-0.1, -0.05) is 38.1 Å². The van der Waals surface area contributed by atoms with Crippen LogP contribution in [0.25, 0.3) is 22.0 Å². The minimum atomic E-state index is -3.26. The molecule has 0 unspecified atom stereocenters. The number of fused-ring (bicyclic) bond motifs is 1. The minimum Gasteiger partial charge on any atom is -0.275 e. The topological polar surface area (TPSA) is 64.0 Å². The Morgan fingerprint density at radius 3 is 2.42 bits per heavy atom. The van der Waals surface area contributed by atoms with Gasteiger partial charge in [-0.15, -0.1) is 0 Å². The third kappa shape index (κ3) is 3.97. The lowest BCUT2D eigenvalue weighted by molar-refractivity contribution is 0.587. The van der Waals surface area contributed by atoms with E-state index in [-0.39, 0.29) is 5.75 Å². The Bertz CT molecular complexity index is 1020. The van der Waals surface area contributed by atoms with Gasteiger partial charge in [-0.3, -0.25) is 4.68 Å². The van der Waals surface area contributed by atoms with E-state index in [0.29, 0.717) is 12.3 Å². The Morgan fingerprint density at radius 2 is 1.81 bits per heavy atom. The maximum Gasteiger partial charge on any atom is 0.211 e. The molecule has 5 nitrogen and oxygen atoms in total. The highest BCUT2D eigenvalue weighted by Crippen LogP contribution is 2.29. The lowest BCUT2D eigenvalue weighted by atomic mass is 9.96. The van der Waals surface area contributed by atoms with Crippen LogP contribution in [-0.2, 0) is 23.5 Å². The van der Waals surface area contributed by atoms with Crippen molar-refractivity contribution in [2.45, 2.75) is 26.2 Å². The average molecular weight is 372 g/mol. The first kappa shape index (κ1) is 18.6. The van der Waals surface area contributed by atoms with E-state index in [0.717, 1.165) is 27.6 Å². The van der Waals surface area contributed by atoms with Crippen molar-refractivity contribution in [3.05, 3.63) is 53.7 Å². The fourth-order valence-electron chi connectivity index (χ4n) is 3.09. The molecule has 1 N–H and O–H groups in total. The van der Waals surface area contributed by atoms with E-state index in [1.54, 1.807) is 4.68 Å². The van der Waals surface area contributed by atoms with E-state index in [9.17, 15) is 8.42 Å². The van der Waals surface area contributed by atoms with Crippen LogP contribution < -0.4 is 4.72 Å². The molecule has 0 aliphatic rings. The summed E-state index contributed by atoms with van der Waals surface area (Å²) in [5.41, 5.74) is 5.32. The Hall–Kier alpha value is -2.18. The van der Waals surface area contributed by atoms with Crippen molar-refractivity contribution < 1.29 is 8.42 Å². The summed E-state index contributed by atoms with van der Waals surface area (Å²) in [4.78, 5) is 0. The van der Waals surface area contributed by atoms with Gasteiger partial charge in [0.25, 0.3) is 0 Å². The highest BCUT2D eigenvalue weighted by atomic mass is 32.2. The van der Waals surface area contributed by atoms with Gasteiger partial charge in [0.15, 0.2) is 0 Å². The van der Waals surface area contributed by atoms with Crippen LogP contribution in [0.15, 0.2) is 42.6 Å². The van der Waals surface area contributed by atoms with Crippen LogP contribution in [0.5, 0.6) is 0 Å². The predicted octanol–water partition coefficient (Wildman–Crippen LogP) is 3.46. The van der Waals surface area contributed by atoms with E-state index in [2.05, 4.69) is 60.1 Å². The second kappa shape index (κ2) is 7.21. The third-order valence-corrected chi connectivity index (χ3v) is 6.03. The van der Waals surface area contributed by atoms with Crippen LogP contribution in [0.3, 0.4) is 0 Å². The summed E-state index contributed by atoms with van der Waals surface area (Å²) in [6.07, 6.45) is 2.39. The Labute approximate surface area is 155 Å². The monoisotopic (exact) mass is 371 g/mol. The fourth-order valence-corrected chi connectivity index (χ4v) is 3.78. The molecule has 0 fully saturated rings. The predicted molar refractivity (Wildman–Crippen MR) is 107 cm³/mol. The molecule has 3 rings (SSSR count). The molecule has 0 amide bonds. The Morgan fingerprint density at radius 1 is 1.12 bits per heavy atom. The zero-order valence-electron chi connectivity index (χ0n) is 15.7. The van der Waals surface area contributed by atoms with Gasteiger partial charge in [0, 0.05) is 18.6 Å². The van der Waals surface area contributed by atoms with Crippen molar-refractivity contribution in [3.63, 3.8) is 0 Å². The molecule has 1 heterocycles. The van der Waals surface area contributed by atoms with Crippen molar-refractivity contribution in [2.24, 2.45) is 7.05 Å². The molecule has 138 valence electrons. The zero-order valence-corrected chi connectivity index (χ0v) is 16.5. The van der Waals surface area contributed by atoms with Gasteiger partial charge < -0.3 is 0 Å². The summed E-state index contributed by atoms with van der Waals surface area (Å²) in [7, 11) is 0.0663. The van der Waals surface area contributed by atoms with E-state index in [1.807, 2.05) is 13.2 Å². The standard InChI is InChI=1S/C20H25N3O2S/c1-14(2)15-5-7-16(8-6-15)18-11-17(9-10-26(24,25)21-3)20-19(12-18)13-23(4)22-20/h5-8,11-14,21H,9-10H2,1-4H3. The summed E-state index contributed by atoms with van der Waals surface area (Å²) < 4.78 is 27.8. The smallest absolute Gasteiger partial charge is 0.211 e. The molecule has 0 atom stereocenters. The second-order valence-corrected chi connectivity index (χ2v) is 8.97. The lowest BCUT2D eigenvalue weighted by Crippen LogP contribution is -2.23. The number of rotatable bonds is 6. The van der Waals surface area contributed by atoms with Crippen LogP contribution in [0.4, 0.5) is 0 Å². The summed E-state index contributed by atoms with van der Waals surface area (Å²) in [6.45, 7) is 4.36. The first-order chi connectivity index (χ1) is 12.3. The molecule has 0 aliphatic heterocycles.